The number of hydrogen-bond donors (Lipinski definition) is 1. The minimum absolute atomic E-state index is 0.0273. The Morgan fingerprint density at radius 1 is 1.20 bits per heavy atom. The second-order valence-electron chi connectivity index (χ2n) is 5.70. The molecule has 3 rings (SSSR count). The van der Waals surface area contributed by atoms with Crippen LogP contribution in [0.1, 0.15) is 23.7 Å². The molecule has 1 fully saturated rings. The van der Waals surface area contributed by atoms with Gasteiger partial charge in [-0.2, -0.15) is 13.2 Å². The summed E-state index contributed by atoms with van der Waals surface area (Å²) in [6.07, 6.45) is -2.31. The number of nitrogens with one attached hydrogen (secondary N) is 1. The quantitative estimate of drug-likeness (QED) is 0.834. The van der Waals surface area contributed by atoms with Crippen molar-refractivity contribution in [2.24, 2.45) is 5.92 Å². The molecular formula is C17H14F3NO4. The molecule has 1 aromatic carbocycles. The monoisotopic (exact) mass is 353 g/mol. The molecule has 1 amide bonds. The Hall–Kier alpha value is -2.77. The number of halogens is 3. The molecule has 1 saturated carbocycles. The number of alkyl halides is 3. The van der Waals surface area contributed by atoms with Crippen molar-refractivity contribution in [1.82, 2.24) is 0 Å². The summed E-state index contributed by atoms with van der Waals surface area (Å²) in [6.45, 7) is -0.499. The average molecular weight is 353 g/mol. The van der Waals surface area contributed by atoms with Gasteiger partial charge in [0.1, 0.15) is 5.76 Å². The highest BCUT2D eigenvalue weighted by atomic mass is 19.4. The summed E-state index contributed by atoms with van der Waals surface area (Å²) in [5.74, 6) is -0.770. The minimum Gasteiger partial charge on any atom is -0.469 e. The number of ether oxygens (including phenoxy) is 1. The van der Waals surface area contributed by atoms with Crippen LogP contribution in [0.3, 0.4) is 0 Å². The molecule has 0 saturated heterocycles. The second-order valence-corrected chi connectivity index (χ2v) is 5.70. The zero-order valence-electron chi connectivity index (χ0n) is 12.9. The molecule has 0 radical (unpaired) electrons. The molecule has 2 aromatic rings. The van der Waals surface area contributed by atoms with Crippen molar-refractivity contribution in [3.05, 3.63) is 54.0 Å². The first kappa shape index (κ1) is 17.1. The topological polar surface area (TPSA) is 68.5 Å². The van der Waals surface area contributed by atoms with Crippen molar-refractivity contribution in [2.75, 3.05) is 11.9 Å². The molecule has 1 aromatic heterocycles. The van der Waals surface area contributed by atoms with Gasteiger partial charge in [-0.3, -0.25) is 9.59 Å². The van der Waals surface area contributed by atoms with E-state index in [2.05, 4.69) is 5.32 Å². The fourth-order valence-corrected chi connectivity index (χ4v) is 2.46. The van der Waals surface area contributed by atoms with Crippen molar-refractivity contribution in [2.45, 2.75) is 18.5 Å². The van der Waals surface area contributed by atoms with E-state index >= 15 is 0 Å². The zero-order valence-corrected chi connectivity index (χ0v) is 12.9. The summed E-state index contributed by atoms with van der Waals surface area (Å²) in [4.78, 5) is 23.6. The van der Waals surface area contributed by atoms with Crippen LogP contribution in [0.2, 0.25) is 0 Å². The number of anilines is 1. The molecule has 0 unspecified atom stereocenters. The lowest BCUT2D eigenvalue weighted by molar-refractivity contribution is -0.148. The van der Waals surface area contributed by atoms with Gasteiger partial charge in [0.25, 0.3) is 5.91 Å². The van der Waals surface area contributed by atoms with E-state index < -0.39 is 30.2 Å². The van der Waals surface area contributed by atoms with E-state index in [-0.39, 0.29) is 17.5 Å². The number of amides is 1. The number of rotatable bonds is 5. The third-order valence-corrected chi connectivity index (χ3v) is 3.84. The predicted molar refractivity (Wildman–Crippen MR) is 80.6 cm³/mol. The fraction of sp³-hybridized carbons (Fsp3) is 0.294. The summed E-state index contributed by atoms with van der Waals surface area (Å²) in [6, 6.07) is 7.50. The van der Waals surface area contributed by atoms with Gasteiger partial charge in [-0.1, -0.05) is 0 Å². The lowest BCUT2D eigenvalue weighted by atomic mass is 10.2. The average Bonchev–Trinajstić information content (AvgIpc) is 3.18. The van der Waals surface area contributed by atoms with Gasteiger partial charge >= 0.3 is 12.1 Å². The van der Waals surface area contributed by atoms with Crippen LogP contribution in [0, 0.1) is 5.92 Å². The van der Waals surface area contributed by atoms with Crippen molar-refractivity contribution in [1.29, 1.82) is 0 Å². The van der Waals surface area contributed by atoms with Gasteiger partial charge in [-0.05, 0) is 42.8 Å². The number of furan rings is 1. The van der Waals surface area contributed by atoms with Gasteiger partial charge in [0.05, 0.1) is 17.7 Å². The molecule has 132 valence electrons. The first-order valence-corrected chi connectivity index (χ1v) is 7.52. The van der Waals surface area contributed by atoms with Crippen LogP contribution in [0.25, 0.3) is 0 Å². The van der Waals surface area contributed by atoms with Crippen molar-refractivity contribution >= 4 is 17.6 Å². The Morgan fingerprint density at radius 3 is 2.52 bits per heavy atom. The maximum absolute atomic E-state index is 12.5. The molecule has 0 spiro atoms. The maximum atomic E-state index is 12.5. The van der Waals surface area contributed by atoms with Gasteiger partial charge in [-0.25, -0.2) is 0 Å². The Balaban J connectivity index is 1.45. The molecule has 8 heteroatoms. The van der Waals surface area contributed by atoms with E-state index in [4.69, 9.17) is 9.15 Å². The first-order valence-electron chi connectivity index (χ1n) is 7.52. The predicted octanol–water partition coefficient (Wildman–Crippen LogP) is 3.58. The third-order valence-electron chi connectivity index (χ3n) is 3.84. The van der Waals surface area contributed by atoms with Crippen LogP contribution in [0.4, 0.5) is 18.9 Å². The molecule has 1 aliphatic rings. The zero-order chi connectivity index (χ0) is 18.0. The van der Waals surface area contributed by atoms with Crippen LogP contribution in [-0.2, 0) is 20.5 Å². The Morgan fingerprint density at radius 2 is 1.92 bits per heavy atom. The van der Waals surface area contributed by atoms with Gasteiger partial charge in [0.2, 0.25) is 0 Å². The molecule has 2 atom stereocenters. The SMILES string of the molecule is O=C(COC(=O)[C@@H]1C[C@H]1c1ccco1)Nc1ccc(C(F)(F)F)cc1. The lowest BCUT2D eigenvalue weighted by Gasteiger charge is -2.09. The third kappa shape index (κ3) is 4.20. The maximum Gasteiger partial charge on any atom is 0.416 e. The molecular weight excluding hydrogens is 339 g/mol. The fourth-order valence-electron chi connectivity index (χ4n) is 2.46. The Kier molecular flexibility index (Phi) is 4.52. The summed E-state index contributed by atoms with van der Waals surface area (Å²) in [5.41, 5.74) is -0.622. The van der Waals surface area contributed by atoms with Crippen LogP contribution in [-0.4, -0.2) is 18.5 Å². The highest BCUT2D eigenvalue weighted by Crippen LogP contribution is 2.48. The highest BCUT2D eigenvalue weighted by Gasteiger charge is 2.47. The molecule has 0 bridgehead atoms. The lowest BCUT2D eigenvalue weighted by Crippen LogP contribution is -2.21. The molecule has 1 N–H and O–H groups in total. The molecule has 5 nitrogen and oxygen atoms in total. The van der Waals surface area contributed by atoms with E-state index in [9.17, 15) is 22.8 Å². The molecule has 25 heavy (non-hydrogen) atoms. The summed E-state index contributed by atoms with van der Waals surface area (Å²) in [7, 11) is 0. The summed E-state index contributed by atoms with van der Waals surface area (Å²) >= 11 is 0. The number of benzene rings is 1. The van der Waals surface area contributed by atoms with Gasteiger partial charge in [0.15, 0.2) is 6.61 Å². The molecule has 1 heterocycles. The Bertz CT molecular complexity index is 753. The normalized spacial score (nSPS) is 19.3. The summed E-state index contributed by atoms with van der Waals surface area (Å²) < 4.78 is 47.5. The van der Waals surface area contributed by atoms with E-state index in [0.29, 0.717) is 12.2 Å². The molecule has 0 aliphatic heterocycles. The van der Waals surface area contributed by atoms with E-state index in [0.717, 1.165) is 24.3 Å². The highest BCUT2D eigenvalue weighted by molar-refractivity contribution is 5.93. The van der Waals surface area contributed by atoms with E-state index in [1.807, 2.05) is 0 Å². The van der Waals surface area contributed by atoms with Crippen molar-refractivity contribution in [3.63, 3.8) is 0 Å². The minimum atomic E-state index is -4.44. The van der Waals surface area contributed by atoms with Crippen LogP contribution in [0.15, 0.2) is 47.1 Å². The van der Waals surface area contributed by atoms with Crippen molar-refractivity contribution < 1.29 is 31.9 Å². The number of hydrogen-bond acceptors (Lipinski definition) is 4. The van der Waals surface area contributed by atoms with Crippen LogP contribution < -0.4 is 5.32 Å². The smallest absolute Gasteiger partial charge is 0.416 e. The second kappa shape index (κ2) is 6.62. The van der Waals surface area contributed by atoms with Gasteiger partial charge in [-0.15, -0.1) is 0 Å². The van der Waals surface area contributed by atoms with Gasteiger partial charge < -0.3 is 14.5 Å². The number of carbonyl (C=O) groups excluding carboxylic acids is 2. The number of carbonyl (C=O) groups is 2. The first-order chi connectivity index (χ1) is 11.8. The number of esters is 1. The standard InChI is InChI=1S/C17H14F3NO4/c18-17(19,20)10-3-5-11(6-4-10)21-15(22)9-25-16(23)13-8-12(13)14-2-1-7-24-14/h1-7,12-13H,8-9H2,(H,21,22)/t12-,13-/m1/s1. The van der Waals surface area contributed by atoms with Crippen LogP contribution in [0.5, 0.6) is 0 Å². The summed E-state index contributed by atoms with van der Waals surface area (Å²) in [5, 5.41) is 2.37. The van der Waals surface area contributed by atoms with Crippen molar-refractivity contribution in [3.8, 4) is 0 Å². The van der Waals surface area contributed by atoms with Gasteiger partial charge in [0, 0.05) is 11.6 Å². The van der Waals surface area contributed by atoms with E-state index in [1.165, 1.54) is 6.26 Å². The van der Waals surface area contributed by atoms with E-state index in [1.54, 1.807) is 12.1 Å². The largest absolute Gasteiger partial charge is 0.469 e. The van der Waals surface area contributed by atoms with Crippen LogP contribution >= 0.6 is 0 Å². The molecule has 1 aliphatic carbocycles. The Labute approximate surface area is 140 Å².